The van der Waals surface area contributed by atoms with Crippen LogP contribution in [0.5, 0.6) is 0 Å². The van der Waals surface area contributed by atoms with Gasteiger partial charge in [0.25, 0.3) is 0 Å². The van der Waals surface area contributed by atoms with E-state index in [1.807, 2.05) is 27.7 Å². The molecule has 0 aliphatic heterocycles. The molecule has 0 spiro atoms. The number of hydrogen-bond donors (Lipinski definition) is 1. The summed E-state index contributed by atoms with van der Waals surface area (Å²) in [4.78, 5) is 23.5. The molecule has 1 fully saturated rings. The van der Waals surface area contributed by atoms with Gasteiger partial charge in [-0.15, -0.1) is 0 Å². The Morgan fingerprint density at radius 2 is 1.74 bits per heavy atom. The molecule has 110 valence electrons. The molecule has 1 saturated carbocycles. The lowest BCUT2D eigenvalue weighted by Crippen LogP contribution is -2.33. The zero-order valence-electron chi connectivity index (χ0n) is 12.6. The molecule has 0 atom stereocenters. The first kappa shape index (κ1) is 16.0. The van der Waals surface area contributed by atoms with E-state index in [0.717, 1.165) is 25.7 Å². The fourth-order valence-electron chi connectivity index (χ4n) is 2.57. The minimum atomic E-state index is -0.407. The van der Waals surface area contributed by atoms with Gasteiger partial charge < -0.3 is 10.1 Å². The van der Waals surface area contributed by atoms with Crippen LogP contribution in [0.25, 0.3) is 0 Å². The zero-order chi connectivity index (χ0) is 14.5. The van der Waals surface area contributed by atoms with Crippen LogP contribution in [0.1, 0.15) is 59.8 Å². The molecule has 19 heavy (non-hydrogen) atoms. The average molecular weight is 269 g/mol. The molecule has 1 aliphatic carbocycles. The van der Waals surface area contributed by atoms with E-state index in [1.165, 1.54) is 0 Å². The van der Waals surface area contributed by atoms with Crippen LogP contribution in [0.3, 0.4) is 0 Å². The summed E-state index contributed by atoms with van der Waals surface area (Å²) in [6.07, 6.45) is 4.15. The number of rotatable bonds is 4. The number of amides is 1. The second-order valence-electron chi connectivity index (χ2n) is 6.40. The molecule has 1 amide bonds. The van der Waals surface area contributed by atoms with Crippen molar-refractivity contribution in [2.75, 3.05) is 6.54 Å². The van der Waals surface area contributed by atoms with E-state index in [9.17, 15) is 9.59 Å². The summed E-state index contributed by atoms with van der Waals surface area (Å²) < 4.78 is 5.34. The molecule has 0 aromatic carbocycles. The summed E-state index contributed by atoms with van der Waals surface area (Å²) >= 11 is 0. The van der Waals surface area contributed by atoms with Crippen molar-refractivity contribution in [3.05, 3.63) is 0 Å². The smallest absolute Gasteiger partial charge is 0.306 e. The molecule has 0 radical (unpaired) electrons. The van der Waals surface area contributed by atoms with E-state index in [2.05, 4.69) is 5.32 Å². The van der Waals surface area contributed by atoms with Gasteiger partial charge in [0.1, 0.15) is 5.60 Å². The van der Waals surface area contributed by atoms with Crippen molar-refractivity contribution >= 4 is 11.9 Å². The molecule has 0 aromatic rings. The minimum absolute atomic E-state index is 0.117. The van der Waals surface area contributed by atoms with Crippen molar-refractivity contribution in [1.82, 2.24) is 5.32 Å². The Morgan fingerprint density at radius 1 is 1.16 bits per heavy atom. The molecule has 4 heteroatoms. The van der Waals surface area contributed by atoms with E-state index in [-0.39, 0.29) is 17.8 Å². The summed E-state index contributed by atoms with van der Waals surface area (Å²) in [5, 5.41) is 2.87. The normalized spacial score (nSPS) is 23.8. The number of hydrogen-bond acceptors (Lipinski definition) is 3. The second-order valence-corrected chi connectivity index (χ2v) is 6.40. The van der Waals surface area contributed by atoms with E-state index in [4.69, 9.17) is 4.74 Å². The monoisotopic (exact) mass is 269 g/mol. The lowest BCUT2D eigenvalue weighted by molar-refractivity contribution is -0.156. The molecule has 0 bridgehead atoms. The lowest BCUT2D eigenvalue weighted by Gasteiger charge is -2.28. The first-order valence-corrected chi connectivity index (χ1v) is 7.31. The zero-order valence-corrected chi connectivity index (χ0v) is 12.6. The van der Waals surface area contributed by atoms with E-state index >= 15 is 0 Å². The maximum absolute atomic E-state index is 11.7. The number of nitrogens with one attached hydrogen (secondary N) is 1. The van der Waals surface area contributed by atoms with Gasteiger partial charge in [-0.3, -0.25) is 9.59 Å². The molecular weight excluding hydrogens is 242 g/mol. The summed E-state index contributed by atoms with van der Waals surface area (Å²) in [7, 11) is 0. The number of ether oxygens (including phenoxy) is 1. The highest BCUT2D eigenvalue weighted by molar-refractivity contribution is 5.78. The van der Waals surface area contributed by atoms with Gasteiger partial charge in [0.15, 0.2) is 0 Å². The maximum Gasteiger partial charge on any atom is 0.306 e. The molecule has 1 N–H and O–H groups in total. The Bertz CT molecular complexity index is 312. The first-order chi connectivity index (χ1) is 8.81. The van der Waals surface area contributed by atoms with E-state index in [1.54, 1.807) is 0 Å². The summed E-state index contributed by atoms with van der Waals surface area (Å²) in [5.74, 6) is 0.558. The maximum atomic E-state index is 11.7. The van der Waals surface area contributed by atoms with Crippen LogP contribution in [0, 0.1) is 11.8 Å². The van der Waals surface area contributed by atoms with Crippen molar-refractivity contribution in [2.45, 2.75) is 65.4 Å². The Hall–Kier alpha value is -1.06. The van der Waals surface area contributed by atoms with Crippen LogP contribution < -0.4 is 5.32 Å². The minimum Gasteiger partial charge on any atom is -0.460 e. The van der Waals surface area contributed by atoms with Gasteiger partial charge in [0.2, 0.25) is 5.91 Å². The average Bonchev–Trinajstić information content (AvgIpc) is 2.27. The van der Waals surface area contributed by atoms with Gasteiger partial charge in [0.05, 0.1) is 0 Å². The SMILES string of the molecule is CCNC(=O)C1CCC(CC(=O)OC(C)(C)C)CC1. The van der Waals surface area contributed by atoms with E-state index in [0.29, 0.717) is 18.9 Å². The Kier molecular flexibility index (Phi) is 5.83. The fraction of sp³-hybridized carbons (Fsp3) is 0.867. The Labute approximate surface area is 116 Å². The van der Waals surface area contributed by atoms with Gasteiger partial charge in [-0.2, -0.15) is 0 Å². The summed E-state index contributed by atoms with van der Waals surface area (Å²) in [6, 6.07) is 0. The number of esters is 1. The Morgan fingerprint density at radius 3 is 2.21 bits per heavy atom. The van der Waals surface area contributed by atoms with Crippen LogP contribution in [0.2, 0.25) is 0 Å². The van der Waals surface area contributed by atoms with Crippen molar-refractivity contribution in [3.8, 4) is 0 Å². The third kappa shape index (κ3) is 6.08. The molecule has 1 aliphatic rings. The number of carbonyl (C=O) groups is 2. The third-order valence-electron chi connectivity index (χ3n) is 3.44. The highest BCUT2D eigenvalue weighted by Gasteiger charge is 2.28. The molecular formula is C15H27NO3. The second kappa shape index (κ2) is 6.92. The standard InChI is InChI=1S/C15H27NO3/c1-5-16-14(18)12-8-6-11(7-9-12)10-13(17)19-15(2,3)4/h11-12H,5-10H2,1-4H3,(H,16,18). The summed E-state index contributed by atoms with van der Waals surface area (Å²) in [6.45, 7) is 8.29. The van der Waals surface area contributed by atoms with Crippen molar-refractivity contribution in [1.29, 1.82) is 0 Å². The number of carbonyl (C=O) groups excluding carboxylic acids is 2. The van der Waals surface area contributed by atoms with Crippen LogP contribution >= 0.6 is 0 Å². The predicted molar refractivity (Wildman–Crippen MR) is 74.6 cm³/mol. The van der Waals surface area contributed by atoms with Gasteiger partial charge in [-0.1, -0.05) is 0 Å². The summed E-state index contributed by atoms with van der Waals surface area (Å²) in [5.41, 5.74) is -0.407. The van der Waals surface area contributed by atoms with Gasteiger partial charge >= 0.3 is 5.97 Å². The fourth-order valence-corrected chi connectivity index (χ4v) is 2.57. The molecule has 1 rings (SSSR count). The van der Waals surface area contributed by atoms with E-state index < -0.39 is 5.60 Å². The van der Waals surface area contributed by atoms with Crippen molar-refractivity contribution in [2.24, 2.45) is 11.8 Å². The lowest BCUT2D eigenvalue weighted by atomic mass is 9.80. The largest absolute Gasteiger partial charge is 0.460 e. The quantitative estimate of drug-likeness (QED) is 0.798. The van der Waals surface area contributed by atoms with Crippen LogP contribution in [0.4, 0.5) is 0 Å². The van der Waals surface area contributed by atoms with Gasteiger partial charge in [-0.25, -0.2) is 0 Å². The molecule has 0 aromatic heterocycles. The predicted octanol–water partition coefficient (Wildman–Crippen LogP) is 2.66. The molecule has 0 heterocycles. The van der Waals surface area contributed by atoms with Gasteiger partial charge in [0, 0.05) is 18.9 Å². The van der Waals surface area contributed by atoms with Gasteiger partial charge in [-0.05, 0) is 59.3 Å². The van der Waals surface area contributed by atoms with Crippen LogP contribution in [-0.2, 0) is 14.3 Å². The van der Waals surface area contributed by atoms with Crippen molar-refractivity contribution in [3.63, 3.8) is 0 Å². The molecule has 0 saturated heterocycles. The Balaban J connectivity index is 2.30. The van der Waals surface area contributed by atoms with Crippen LogP contribution in [0.15, 0.2) is 0 Å². The van der Waals surface area contributed by atoms with Crippen LogP contribution in [-0.4, -0.2) is 24.0 Å². The topological polar surface area (TPSA) is 55.4 Å². The highest BCUT2D eigenvalue weighted by Crippen LogP contribution is 2.31. The molecule has 0 unspecified atom stereocenters. The molecule has 4 nitrogen and oxygen atoms in total. The highest BCUT2D eigenvalue weighted by atomic mass is 16.6. The van der Waals surface area contributed by atoms with Crippen molar-refractivity contribution < 1.29 is 14.3 Å². The first-order valence-electron chi connectivity index (χ1n) is 7.31. The third-order valence-corrected chi connectivity index (χ3v) is 3.44.